The van der Waals surface area contributed by atoms with Gasteiger partial charge in [0, 0.05) is 19.7 Å². The number of rotatable bonds is 6. The average molecular weight is 186 g/mol. The third kappa shape index (κ3) is 5.58. The highest BCUT2D eigenvalue weighted by atomic mass is 16.5. The summed E-state index contributed by atoms with van der Waals surface area (Å²) in [5.74, 6) is 0. The zero-order valence-electron chi connectivity index (χ0n) is 8.53. The molecule has 0 saturated heterocycles. The summed E-state index contributed by atoms with van der Waals surface area (Å²) >= 11 is 0. The second-order valence-electron chi connectivity index (χ2n) is 3.26. The van der Waals surface area contributed by atoms with E-state index in [1.807, 2.05) is 18.9 Å². The lowest BCUT2D eigenvalue weighted by Gasteiger charge is -2.24. The molecule has 0 radical (unpaired) electrons. The van der Waals surface area contributed by atoms with Gasteiger partial charge in [-0.15, -0.1) is 0 Å². The maximum atomic E-state index is 9.39. The smallest absolute Gasteiger partial charge is 0.0900 e. The van der Waals surface area contributed by atoms with E-state index in [0.29, 0.717) is 19.6 Å². The van der Waals surface area contributed by atoms with Gasteiger partial charge < -0.3 is 14.7 Å². The summed E-state index contributed by atoms with van der Waals surface area (Å²) in [7, 11) is 3.45. The Bertz CT molecular complexity index is 167. The summed E-state index contributed by atoms with van der Waals surface area (Å²) in [5.41, 5.74) is 0. The van der Waals surface area contributed by atoms with E-state index in [2.05, 4.69) is 6.07 Å². The van der Waals surface area contributed by atoms with E-state index in [0.717, 1.165) is 0 Å². The van der Waals surface area contributed by atoms with Crippen LogP contribution in [-0.2, 0) is 4.74 Å². The highest BCUT2D eigenvalue weighted by Crippen LogP contribution is 2.01. The van der Waals surface area contributed by atoms with Crippen molar-refractivity contribution in [3.05, 3.63) is 0 Å². The topological polar surface area (TPSA) is 56.5 Å². The molecule has 0 aromatic carbocycles. The SMILES string of the molecule is COCC(O)CN(C)C(C)CC#N. The minimum atomic E-state index is -0.476. The van der Waals surface area contributed by atoms with Crippen LogP contribution in [0.5, 0.6) is 0 Å². The van der Waals surface area contributed by atoms with Crippen LogP contribution in [0.3, 0.4) is 0 Å². The van der Waals surface area contributed by atoms with Crippen LogP contribution in [0.1, 0.15) is 13.3 Å². The van der Waals surface area contributed by atoms with Crippen molar-refractivity contribution < 1.29 is 9.84 Å². The molecule has 0 aromatic rings. The van der Waals surface area contributed by atoms with Crippen molar-refractivity contribution in [3.63, 3.8) is 0 Å². The van der Waals surface area contributed by atoms with E-state index in [9.17, 15) is 5.11 Å². The quantitative estimate of drug-likeness (QED) is 0.645. The molecule has 0 amide bonds. The zero-order valence-corrected chi connectivity index (χ0v) is 8.53. The lowest BCUT2D eigenvalue weighted by atomic mass is 10.2. The predicted octanol–water partition coefficient (Wildman–Crippen LogP) is 0.228. The van der Waals surface area contributed by atoms with Gasteiger partial charge >= 0.3 is 0 Å². The lowest BCUT2D eigenvalue weighted by molar-refractivity contribution is 0.0363. The summed E-state index contributed by atoms with van der Waals surface area (Å²) in [6, 6.07) is 2.28. The Kier molecular flexibility index (Phi) is 6.51. The minimum Gasteiger partial charge on any atom is -0.389 e. The number of hydrogen-bond acceptors (Lipinski definition) is 4. The number of likely N-dealkylation sites (N-methyl/N-ethyl adjacent to an activating group) is 1. The molecule has 0 aliphatic carbocycles. The summed E-state index contributed by atoms with van der Waals surface area (Å²) < 4.78 is 4.80. The molecule has 2 atom stereocenters. The molecule has 4 nitrogen and oxygen atoms in total. The number of ether oxygens (including phenoxy) is 1. The van der Waals surface area contributed by atoms with Crippen molar-refractivity contribution in [1.82, 2.24) is 4.90 Å². The van der Waals surface area contributed by atoms with Crippen molar-refractivity contribution in [2.75, 3.05) is 27.3 Å². The predicted molar refractivity (Wildman–Crippen MR) is 50.2 cm³/mol. The highest BCUT2D eigenvalue weighted by molar-refractivity contribution is 4.79. The van der Waals surface area contributed by atoms with Crippen LogP contribution in [0.25, 0.3) is 0 Å². The van der Waals surface area contributed by atoms with Gasteiger partial charge in [0.1, 0.15) is 0 Å². The molecule has 0 heterocycles. The van der Waals surface area contributed by atoms with Gasteiger partial charge in [-0.25, -0.2) is 0 Å². The molecular weight excluding hydrogens is 168 g/mol. The monoisotopic (exact) mass is 186 g/mol. The van der Waals surface area contributed by atoms with Crippen LogP contribution in [0.4, 0.5) is 0 Å². The van der Waals surface area contributed by atoms with Gasteiger partial charge in [-0.2, -0.15) is 5.26 Å². The van der Waals surface area contributed by atoms with Crippen LogP contribution in [0.15, 0.2) is 0 Å². The highest BCUT2D eigenvalue weighted by Gasteiger charge is 2.12. The van der Waals surface area contributed by atoms with Crippen LogP contribution >= 0.6 is 0 Å². The number of nitriles is 1. The Morgan fingerprint density at radius 3 is 2.69 bits per heavy atom. The van der Waals surface area contributed by atoms with Crippen molar-refractivity contribution in [2.24, 2.45) is 0 Å². The molecule has 76 valence electrons. The summed E-state index contributed by atoms with van der Waals surface area (Å²) in [6.07, 6.45) is 0.00655. The van der Waals surface area contributed by atoms with Gasteiger partial charge in [-0.1, -0.05) is 0 Å². The molecule has 13 heavy (non-hydrogen) atoms. The average Bonchev–Trinajstić information content (AvgIpc) is 2.05. The van der Waals surface area contributed by atoms with E-state index >= 15 is 0 Å². The molecule has 0 aliphatic heterocycles. The third-order valence-electron chi connectivity index (χ3n) is 2.00. The standard InChI is InChI=1S/C9H18N2O2/c1-8(4-5-10)11(2)6-9(12)7-13-3/h8-9,12H,4,6-7H2,1-3H3. The maximum Gasteiger partial charge on any atom is 0.0900 e. The fraction of sp³-hybridized carbons (Fsp3) is 0.889. The molecule has 0 aromatic heterocycles. The number of aliphatic hydroxyl groups excluding tert-OH is 1. The van der Waals surface area contributed by atoms with Gasteiger partial charge in [0.05, 0.1) is 25.2 Å². The molecule has 1 N–H and O–H groups in total. The number of aliphatic hydroxyl groups is 1. The van der Waals surface area contributed by atoms with Gasteiger partial charge in [-0.3, -0.25) is 0 Å². The molecule has 0 rings (SSSR count). The largest absolute Gasteiger partial charge is 0.389 e. The number of methoxy groups -OCH3 is 1. The fourth-order valence-electron chi connectivity index (χ4n) is 1.05. The first-order valence-corrected chi connectivity index (χ1v) is 4.36. The molecule has 2 unspecified atom stereocenters. The summed E-state index contributed by atoms with van der Waals surface area (Å²) in [5, 5.41) is 17.8. The van der Waals surface area contributed by atoms with E-state index in [-0.39, 0.29) is 6.04 Å². The zero-order chi connectivity index (χ0) is 10.3. The van der Waals surface area contributed by atoms with Gasteiger partial charge in [-0.05, 0) is 14.0 Å². The minimum absolute atomic E-state index is 0.177. The van der Waals surface area contributed by atoms with E-state index in [1.54, 1.807) is 7.11 Å². The second kappa shape index (κ2) is 6.84. The molecule has 0 aliphatic rings. The van der Waals surface area contributed by atoms with Crippen molar-refractivity contribution in [2.45, 2.75) is 25.5 Å². The third-order valence-corrected chi connectivity index (χ3v) is 2.00. The van der Waals surface area contributed by atoms with Crippen LogP contribution in [0, 0.1) is 11.3 Å². The van der Waals surface area contributed by atoms with Crippen molar-refractivity contribution in [1.29, 1.82) is 5.26 Å². The Hall–Kier alpha value is -0.630. The van der Waals surface area contributed by atoms with Crippen molar-refractivity contribution in [3.8, 4) is 6.07 Å². The first kappa shape index (κ1) is 12.4. The van der Waals surface area contributed by atoms with E-state index in [1.165, 1.54) is 0 Å². The van der Waals surface area contributed by atoms with Gasteiger partial charge in [0.25, 0.3) is 0 Å². The molecule has 0 saturated carbocycles. The summed E-state index contributed by atoms with van der Waals surface area (Å²) in [4.78, 5) is 1.95. The van der Waals surface area contributed by atoms with Gasteiger partial charge in [0.2, 0.25) is 0 Å². The Morgan fingerprint density at radius 1 is 1.62 bits per heavy atom. The molecule has 0 spiro atoms. The van der Waals surface area contributed by atoms with E-state index < -0.39 is 6.10 Å². The van der Waals surface area contributed by atoms with Crippen molar-refractivity contribution >= 4 is 0 Å². The van der Waals surface area contributed by atoms with Crippen LogP contribution in [0.2, 0.25) is 0 Å². The van der Waals surface area contributed by atoms with Crippen LogP contribution in [-0.4, -0.2) is 49.5 Å². The second-order valence-corrected chi connectivity index (χ2v) is 3.26. The molecular formula is C9H18N2O2. The first-order valence-electron chi connectivity index (χ1n) is 4.36. The Balaban J connectivity index is 3.72. The molecule has 0 fully saturated rings. The number of nitrogens with zero attached hydrogens (tertiary/aromatic N) is 2. The van der Waals surface area contributed by atoms with Crippen LogP contribution < -0.4 is 0 Å². The summed E-state index contributed by atoms with van der Waals surface area (Å²) in [6.45, 7) is 2.84. The number of hydrogen-bond donors (Lipinski definition) is 1. The van der Waals surface area contributed by atoms with Gasteiger partial charge in [0.15, 0.2) is 0 Å². The Labute approximate surface area is 79.7 Å². The maximum absolute atomic E-state index is 9.39. The lowest BCUT2D eigenvalue weighted by Crippen LogP contribution is -2.37. The Morgan fingerprint density at radius 2 is 2.23 bits per heavy atom. The normalized spacial score (nSPS) is 15.4. The fourth-order valence-corrected chi connectivity index (χ4v) is 1.05. The molecule has 0 bridgehead atoms. The van der Waals surface area contributed by atoms with E-state index in [4.69, 9.17) is 10.00 Å². The first-order chi connectivity index (χ1) is 6.11. The molecule has 4 heteroatoms.